The van der Waals surface area contributed by atoms with E-state index in [1.165, 1.54) is 18.8 Å². The molecule has 0 radical (unpaired) electrons. The van der Waals surface area contributed by atoms with Gasteiger partial charge in [-0.15, -0.1) is 0 Å². The van der Waals surface area contributed by atoms with E-state index in [9.17, 15) is 8.42 Å². The van der Waals surface area contributed by atoms with Crippen LogP contribution in [0.15, 0.2) is 17.3 Å². The molecule has 1 atom stereocenters. The largest absolute Gasteiger partial charge is 0.329 e. The Morgan fingerprint density at radius 3 is 3.11 bits per heavy atom. The van der Waals surface area contributed by atoms with Crippen molar-refractivity contribution in [3.05, 3.63) is 12.4 Å². The van der Waals surface area contributed by atoms with E-state index in [4.69, 9.17) is 5.73 Å². The highest BCUT2D eigenvalue weighted by molar-refractivity contribution is 8.00. The number of hydrogen-bond donors (Lipinski definition) is 2. The van der Waals surface area contributed by atoms with Gasteiger partial charge in [0.05, 0.1) is 12.7 Å². The van der Waals surface area contributed by atoms with Crippen molar-refractivity contribution >= 4 is 21.8 Å². The first-order valence-electron chi connectivity index (χ1n) is 5.95. The molecule has 0 amide bonds. The summed E-state index contributed by atoms with van der Waals surface area (Å²) in [7, 11) is -3.43. The summed E-state index contributed by atoms with van der Waals surface area (Å²) in [4.78, 5) is 0.207. The van der Waals surface area contributed by atoms with E-state index in [0.29, 0.717) is 24.9 Å². The molecule has 0 bridgehead atoms. The molecule has 1 saturated heterocycles. The monoisotopic (exact) mass is 290 g/mol. The summed E-state index contributed by atoms with van der Waals surface area (Å²) in [5, 5.41) is 4.37. The van der Waals surface area contributed by atoms with Crippen molar-refractivity contribution in [1.82, 2.24) is 14.5 Å². The Hall–Kier alpha value is -0.570. The Labute approximate surface area is 111 Å². The van der Waals surface area contributed by atoms with E-state index in [2.05, 4.69) is 9.82 Å². The molecule has 6 nitrogen and oxygen atoms in total. The van der Waals surface area contributed by atoms with Gasteiger partial charge in [0.15, 0.2) is 0 Å². The first kappa shape index (κ1) is 13.9. The van der Waals surface area contributed by atoms with Crippen molar-refractivity contribution in [2.45, 2.75) is 29.5 Å². The van der Waals surface area contributed by atoms with Gasteiger partial charge in [0.25, 0.3) is 0 Å². The molecule has 2 rings (SSSR count). The summed E-state index contributed by atoms with van der Waals surface area (Å²) in [5.41, 5.74) is 5.39. The second-order valence-corrected chi connectivity index (χ2v) is 7.39. The predicted molar refractivity (Wildman–Crippen MR) is 71.9 cm³/mol. The van der Waals surface area contributed by atoms with Crippen molar-refractivity contribution in [1.29, 1.82) is 0 Å². The van der Waals surface area contributed by atoms with Crippen LogP contribution >= 0.6 is 11.8 Å². The van der Waals surface area contributed by atoms with Gasteiger partial charge in [0.1, 0.15) is 4.90 Å². The maximum Gasteiger partial charge on any atom is 0.243 e. The minimum absolute atomic E-state index is 0.207. The number of hydrogen-bond acceptors (Lipinski definition) is 5. The summed E-state index contributed by atoms with van der Waals surface area (Å²) < 4.78 is 28.2. The number of rotatable bonds is 6. The molecule has 1 unspecified atom stereocenters. The molecule has 3 N–H and O–H groups in total. The van der Waals surface area contributed by atoms with Crippen LogP contribution < -0.4 is 10.5 Å². The van der Waals surface area contributed by atoms with Crippen LogP contribution in [-0.4, -0.2) is 42.3 Å². The third-order valence-corrected chi connectivity index (χ3v) is 5.58. The van der Waals surface area contributed by atoms with Gasteiger partial charge in [-0.25, -0.2) is 13.1 Å². The van der Waals surface area contributed by atoms with Crippen LogP contribution in [-0.2, 0) is 16.6 Å². The number of nitrogens with one attached hydrogen (secondary N) is 1. The van der Waals surface area contributed by atoms with Crippen LogP contribution in [0, 0.1) is 0 Å². The molecule has 0 saturated carbocycles. The summed E-state index contributed by atoms with van der Waals surface area (Å²) in [5.74, 6) is 1.13. The third kappa shape index (κ3) is 3.47. The van der Waals surface area contributed by atoms with Crippen LogP contribution in [0.4, 0.5) is 0 Å². The lowest BCUT2D eigenvalue weighted by Gasteiger charge is -2.09. The molecule has 1 fully saturated rings. The Morgan fingerprint density at radius 1 is 1.61 bits per heavy atom. The quantitative estimate of drug-likeness (QED) is 0.770. The Kier molecular flexibility index (Phi) is 4.66. The molecule has 18 heavy (non-hydrogen) atoms. The number of nitrogens with zero attached hydrogens (tertiary/aromatic N) is 2. The Morgan fingerprint density at radius 2 is 2.44 bits per heavy atom. The lowest BCUT2D eigenvalue weighted by atomic mass is 10.2. The molecule has 1 aliphatic rings. The minimum atomic E-state index is -3.43. The van der Waals surface area contributed by atoms with E-state index in [1.807, 2.05) is 11.8 Å². The molecular weight excluding hydrogens is 272 g/mol. The van der Waals surface area contributed by atoms with Crippen molar-refractivity contribution in [2.75, 3.05) is 18.8 Å². The Bertz CT molecular complexity index is 480. The van der Waals surface area contributed by atoms with Crippen molar-refractivity contribution < 1.29 is 8.42 Å². The molecule has 8 heteroatoms. The molecule has 102 valence electrons. The van der Waals surface area contributed by atoms with Crippen LogP contribution in [0.5, 0.6) is 0 Å². The molecule has 2 heterocycles. The highest BCUT2D eigenvalue weighted by Gasteiger charge is 2.21. The average molecular weight is 290 g/mol. The first-order chi connectivity index (χ1) is 8.62. The van der Waals surface area contributed by atoms with E-state index in [0.717, 1.165) is 12.2 Å². The average Bonchev–Trinajstić information content (AvgIpc) is 2.98. The van der Waals surface area contributed by atoms with Gasteiger partial charge < -0.3 is 5.73 Å². The third-order valence-electron chi connectivity index (χ3n) is 2.80. The molecule has 0 aliphatic carbocycles. The summed E-state index contributed by atoms with van der Waals surface area (Å²) in [6.45, 7) is 1.45. The zero-order valence-corrected chi connectivity index (χ0v) is 11.7. The number of aromatic nitrogens is 2. The highest BCUT2D eigenvalue weighted by atomic mass is 32.2. The second kappa shape index (κ2) is 6.05. The van der Waals surface area contributed by atoms with Gasteiger partial charge in [-0.1, -0.05) is 0 Å². The normalized spacial score (nSPS) is 20.4. The number of nitrogens with two attached hydrogens (primary N) is 1. The standard InChI is InChI=1S/C10H18N4O2S2/c11-3-4-14-8-10(7-12-14)18(15,16)13-6-9-2-1-5-17-9/h7-9,13H,1-6,11H2. The molecule has 1 aromatic rings. The van der Waals surface area contributed by atoms with Gasteiger partial charge in [0, 0.05) is 24.5 Å². The van der Waals surface area contributed by atoms with Crippen LogP contribution in [0.3, 0.4) is 0 Å². The molecular formula is C10H18N4O2S2. The lowest BCUT2D eigenvalue weighted by molar-refractivity contribution is 0.578. The summed E-state index contributed by atoms with van der Waals surface area (Å²) in [6.07, 6.45) is 5.13. The smallest absolute Gasteiger partial charge is 0.243 e. The van der Waals surface area contributed by atoms with E-state index >= 15 is 0 Å². The fourth-order valence-corrected chi connectivity index (χ4v) is 4.17. The number of thioether (sulfide) groups is 1. The van der Waals surface area contributed by atoms with E-state index < -0.39 is 10.0 Å². The Balaban J connectivity index is 1.95. The molecule has 0 spiro atoms. The molecule has 1 aliphatic heterocycles. The lowest BCUT2D eigenvalue weighted by Crippen LogP contribution is -2.29. The van der Waals surface area contributed by atoms with Crippen molar-refractivity contribution in [2.24, 2.45) is 5.73 Å². The highest BCUT2D eigenvalue weighted by Crippen LogP contribution is 2.25. The van der Waals surface area contributed by atoms with Gasteiger partial charge in [-0.05, 0) is 18.6 Å². The molecule has 0 aromatic carbocycles. The van der Waals surface area contributed by atoms with Crippen LogP contribution in [0.25, 0.3) is 0 Å². The number of sulfonamides is 1. The maximum atomic E-state index is 12.0. The zero-order chi connectivity index (χ0) is 13.0. The van der Waals surface area contributed by atoms with E-state index in [-0.39, 0.29) is 4.90 Å². The summed E-state index contributed by atoms with van der Waals surface area (Å²) in [6, 6.07) is 0. The minimum Gasteiger partial charge on any atom is -0.329 e. The van der Waals surface area contributed by atoms with E-state index in [1.54, 1.807) is 4.68 Å². The van der Waals surface area contributed by atoms with Gasteiger partial charge in [-0.2, -0.15) is 16.9 Å². The van der Waals surface area contributed by atoms with Crippen LogP contribution in [0.2, 0.25) is 0 Å². The van der Waals surface area contributed by atoms with Gasteiger partial charge in [-0.3, -0.25) is 4.68 Å². The second-order valence-electron chi connectivity index (χ2n) is 4.21. The molecule has 1 aromatic heterocycles. The fraction of sp³-hybridized carbons (Fsp3) is 0.700. The SMILES string of the molecule is NCCn1cc(S(=O)(=O)NCC2CCCS2)cn1. The van der Waals surface area contributed by atoms with Crippen molar-refractivity contribution in [3.63, 3.8) is 0 Å². The predicted octanol–water partition coefficient (Wildman–Crippen LogP) is 0.0157. The topological polar surface area (TPSA) is 90.0 Å². The van der Waals surface area contributed by atoms with Crippen molar-refractivity contribution in [3.8, 4) is 0 Å². The summed E-state index contributed by atoms with van der Waals surface area (Å²) >= 11 is 1.83. The first-order valence-corrected chi connectivity index (χ1v) is 8.49. The fourth-order valence-electron chi connectivity index (χ4n) is 1.83. The zero-order valence-electron chi connectivity index (χ0n) is 10.1. The maximum absolute atomic E-state index is 12.0. The van der Waals surface area contributed by atoms with Crippen LogP contribution in [0.1, 0.15) is 12.8 Å². The van der Waals surface area contributed by atoms with Gasteiger partial charge in [0.2, 0.25) is 10.0 Å². The van der Waals surface area contributed by atoms with Gasteiger partial charge >= 0.3 is 0 Å².